The number of carbonyl (C=O) groups is 2. The molecule has 3 rings (SSSR count). The van der Waals surface area contributed by atoms with Gasteiger partial charge in [0.05, 0.1) is 17.5 Å². The van der Waals surface area contributed by atoms with Gasteiger partial charge in [0, 0.05) is 6.54 Å². The van der Waals surface area contributed by atoms with Gasteiger partial charge in [-0.25, -0.2) is 4.39 Å². The number of furan rings is 1. The van der Waals surface area contributed by atoms with Gasteiger partial charge in [0.25, 0.3) is 5.91 Å². The summed E-state index contributed by atoms with van der Waals surface area (Å²) in [4.78, 5) is 25.9. The largest absolute Gasteiger partial charge is 0.469 e. The van der Waals surface area contributed by atoms with Crippen LogP contribution in [-0.2, 0) is 4.79 Å². The predicted octanol–water partition coefficient (Wildman–Crippen LogP) is 2.26. The van der Waals surface area contributed by atoms with Crippen molar-refractivity contribution in [2.24, 2.45) is 0 Å². The minimum absolute atomic E-state index is 0.240. The fraction of sp³-hybridized carbons (Fsp3) is 0.250. The maximum atomic E-state index is 13.8. The molecule has 1 aliphatic rings. The summed E-state index contributed by atoms with van der Waals surface area (Å²) in [5.41, 5.74) is 0.640. The number of anilines is 1. The molecule has 0 radical (unpaired) electrons. The lowest BCUT2D eigenvalue weighted by molar-refractivity contribution is -0.118. The third kappa shape index (κ3) is 2.47. The summed E-state index contributed by atoms with van der Waals surface area (Å²) < 4.78 is 18.9. The zero-order chi connectivity index (χ0) is 15.7. The third-order valence-corrected chi connectivity index (χ3v) is 3.76. The molecule has 0 saturated carbocycles. The molecule has 1 saturated heterocycles. The van der Waals surface area contributed by atoms with E-state index >= 15 is 0 Å². The quantitative estimate of drug-likeness (QED) is 0.946. The Balaban J connectivity index is 1.73. The highest BCUT2D eigenvalue weighted by molar-refractivity contribution is 6.04. The van der Waals surface area contributed by atoms with Crippen molar-refractivity contribution in [3.05, 3.63) is 53.7 Å². The van der Waals surface area contributed by atoms with Gasteiger partial charge in [-0.15, -0.1) is 0 Å². The van der Waals surface area contributed by atoms with E-state index in [0.29, 0.717) is 24.3 Å². The van der Waals surface area contributed by atoms with Gasteiger partial charge >= 0.3 is 0 Å². The van der Waals surface area contributed by atoms with E-state index in [1.807, 2.05) is 0 Å². The van der Waals surface area contributed by atoms with Crippen molar-refractivity contribution in [3.8, 4) is 0 Å². The molecule has 1 aromatic heterocycles. The molecule has 2 aromatic rings. The van der Waals surface area contributed by atoms with Crippen LogP contribution in [0.4, 0.5) is 10.1 Å². The monoisotopic (exact) mass is 302 g/mol. The molecular weight excluding hydrogens is 287 g/mol. The van der Waals surface area contributed by atoms with Gasteiger partial charge in [-0.3, -0.25) is 9.59 Å². The van der Waals surface area contributed by atoms with Crippen LogP contribution in [0.1, 0.15) is 22.5 Å². The Morgan fingerprint density at radius 3 is 2.82 bits per heavy atom. The Morgan fingerprint density at radius 2 is 2.14 bits per heavy atom. The Labute approximate surface area is 126 Å². The van der Waals surface area contributed by atoms with Gasteiger partial charge in [-0.05, 0) is 31.5 Å². The summed E-state index contributed by atoms with van der Waals surface area (Å²) in [6, 6.07) is 7.01. The number of rotatable bonds is 3. The topological polar surface area (TPSA) is 62.6 Å². The lowest BCUT2D eigenvalue weighted by Gasteiger charge is -2.17. The molecule has 1 unspecified atom stereocenters. The number of nitrogens with one attached hydrogen (secondary N) is 1. The highest BCUT2D eigenvalue weighted by atomic mass is 19.1. The third-order valence-electron chi connectivity index (χ3n) is 3.76. The Bertz CT molecular complexity index is 726. The first-order chi connectivity index (χ1) is 10.6. The molecule has 1 aromatic carbocycles. The standard InChI is InChI=1S/C16H15FN2O3/c1-10-11(7-9-22-10)15(20)18-13-6-8-19(16(13)21)14-5-3-2-4-12(14)17/h2-5,7,9,13H,6,8H2,1H3,(H,18,20). The lowest BCUT2D eigenvalue weighted by Crippen LogP contribution is -2.41. The van der Waals surface area contributed by atoms with Crippen molar-refractivity contribution in [2.45, 2.75) is 19.4 Å². The van der Waals surface area contributed by atoms with E-state index in [9.17, 15) is 14.0 Å². The predicted molar refractivity (Wildman–Crippen MR) is 78.1 cm³/mol. The zero-order valence-electron chi connectivity index (χ0n) is 12.0. The van der Waals surface area contributed by atoms with Crippen LogP contribution in [0.15, 0.2) is 41.0 Å². The average Bonchev–Trinajstić information content (AvgIpc) is 3.07. The minimum Gasteiger partial charge on any atom is -0.469 e. The molecule has 114 valence electrons. The summed E-state index contributed by atoms with van der Waals surface area (Å²) in [6.07, 6.45) is 1.86. The second kappa shape index (κ2) is 5.63. The number of halogens is 1. The van der Waals surface area contributed by atoms with Crippen molar-refractivity contribution in [1.82, 2.24) is 5.32 Å². The maximum Gasteiger partial charge on any atom is 0.255 e. The molecule has 1 N–H and O–H groups in total. The summed E-state index contributed by atoms with van der Waals surface area (Å²) >= 11 is 0. The fourth-order valence-electron chi connectivity index (χ4n) is 2.58. The summed E-state index contributed by atoms with van der Waals surface area (Å²) in [5.74, 6) is -0.623. The van der Waals surface area contributed by atoms with Crippen LogP contribution in [0.2, 0.25) is 0 Å². The Hall–Kier alpha value is -2.63. The van der Waals surface area contributed by atoms with Crippen LogP contribution in [0, 0.1) is 12.7 Å². The van der Waals surface area contributed by atoms with Crippen molar-refractivity contribution >= 4 is 17.5 Å². The van der Waals surface area contributed by atoms with Crippen molar-refractivity contribution in [3.63, 3.8) is 0 Å². The van der Waals surface area contributed by atoms with Crippen molar-refractivity contribution in [2.75, 3.05) is 11.4 Å². The van der Waals surface area contributed by atoms with Gasteiger partial charge in [-0.1, -0.05) is 12.1 Å². The molecule has 2 heterocycles. The zero-order valence-corrected chi connectivity index (χ0v) is 12.0. The second-order valence-electron chi connectivity index (χ2n) is 5.15. The van der Waals surface area contributed by atoms with Crippen molar-refractivity contribution < 1.29 is 18.4 Å². The van der Waals surface area contributed by atoms with Crippen LogP contribution in [0.25, 0.3) is 0 Å². The molecule has 0 spiro atoms. The first-order valence-electron chi connectivity index (χ1n) is 6.99. The summed E-state index contributed by atoms with van der Waals surface area (Å²) in [6.45, 7) is 2.05. The van der Waals surface area contributed by atoms with Gasteiger partial charge in [0.1, 0.15) is 17.6 Å². The second-order valence-corrected chi connectivity index (χ2v) is 5.15. The molecule has 2 amide bonds. The molecular formula is C16H15FN2O3. The van der Waals surface area contributed by atoms with E-state index in [-0.39, 0.29) is 17.5 Å². The summed E-state index contributed by atoms with van der Waals surface area (Å²) in [7, 11) is 0. The number of hydrogen-bond acceptors (Lipinski definition) is 3. The number of benzene rings is 1. The molecule has 0 bridgehead atoms. The van der Waals surface area contributed by atoms with Crippen LogP contribution in [-0.4, -0.2) is 24.4 Å². The van der Waals surface area contributed by atoms with Crippen LogP contribution in [0.3, 0.4) is 0 Å². The molecule has 22 heavy (non-hydrogen) atoms. The lowest BCUT2D eigenvalue weighted by atomic mass is 10.2. The Morgan fingerprint density at radius 1 is 1.36 bits per heavy atom. The first kappa shape index (κ1) is 14.3. The van der Waals surface area contributed by atoms with Crippen molar-refractivity contribution in [1.29, 1.82) is 0 Å². The molecule has 1 atom stereocenters. The molecule has 6 heteroatoms. The van der Waals surface area contributed by atoms with Gasteiger partial charge in [-0.2, -0.15) is 0 Å². The van der Waals surface area contributed by atoms with E-state index in [1.54, 1.807) is 31.2 Å². The van der Waals surface area contributed by atoms with Gasteiger partial charge < -0.3 is 14.6 Å². The SMILES string of the molecule is Cc1occc1C(=O)NC1CCN(c2ccccc2F)C1=O. The van der Waals surface area contributed by atoms with E-state index in [1.165, 1.54) is 17.2 Å². The number of amides is 2. The number of nitrogens with zero attached hydrogens (tertiary/aromatic N) is 1. The average molecular weight is 302 g/mol. The highest BCUT2D eigenvalue weighted by Gasteiger charge is 2.35. The molecule has 1 aliphatic heterocycles. The molecule has 0 aliphatic carbocycles. The smallest absolute Gasteiger partial charge is 0.255 e. The van der Waals surface area contributed by atoms with E-state index in [0.717, 1.165) is 0 Å². The summed E-state index contributed by atoms with van der Waals surface area (Å²) in [5, 5.41) is 2.68. The number of aryl methyl sites for hydroxylation is 1. The van der Waals surface area contributed by atoms with Gasteiger partial charge in [0.15, 0.2) is 0 Å². The highest BCUT2D eigenvalue weighted by Crippen LogP contribution is 2.24. The fourth-order valence-corrected chi connectivity index (χ4v) is 2.58. The van der Waals surface area contributed by atoms with E-state index < -0.39 is 11.9 Å². The van der Waals surface area contributed by atoms with Crippen LogP contribution in [0.5, 0.6) is 0 Å². The normalized spacial score (nSPS) is 17.8. The van der Waals surface area contributed by atoms with Gasteiger partial charge in [0.2, 0.25) is 5.91 Å². The van der Waals surface area contributed by atoms with E-state index in [4.69, 9.17) is 4.42 Å². The molecule has 1 fully saturated rings. The number of carbonyl (C=O) groups excluding carboxylic acids is 2. The number of para-hydroxylation sites is 1. The molecule has 5 nitrogen and oxygen atoms in total. The van der Waals surface area contributed by atoms with E-state index in [2.05, 4.69) is 5.32 Å². The van der Waals surface area contributed by atoms with Crippen LogP contribution >= 0.6 is 0 Å². The first-order valence-corrected chi connectivity index (χ1v) is 6.99. The Kier molecular flexibility index (Phi) is 3.66. The minimum atomic E-state index is -0.651. The van der Waals surface area contributed by atoms with Crippen LogP contribution < -0.4 is 10.2 Å². The maximum absolute atomic E-state index is 13.8. The number of hydrogen-bond donors (Lipinski definition) is 1.